The van der Waals surface area contributed by atoms with Gasteiger partial charge >= 0.3 is 0 Å². The summed E-state index contributed by atoms with van der Waals surface area (Å²) in [6.45, 7) is 15.1. The largest absolute Gasteiger partial charge is 0.388 e. The molecule has 3 nitrogen and oxygen atoms in total. The number of fused-ring (bicyclic) bond motifs is 1. The Morgan fingerprint density at radius 1 is 1.10 bits per heavy atom. The maximum atomic E-state index is 11.3. The van der Waals surface area contributed by atoms with Crippen molar-refractivity contribution in [2.75, 3.05) is 0 Å². The monoisotopic (exact) mass is 395 g/mol. The van der Waals surface area contributed by atoms with Crippen LogP contribution < -0.4 is 0 Å². The van der Waals surface area contributed by atoms with Crippen LogP contribution in [0.2, 0.25) is 0 Å². The number of aliphatic hydroxyl groups is 2. The Labute approximate surface area is 176 Å². The lowest BCUT2D eigenvalue weighted by molar-refractivity contribution is 0.0968. The van der Waals surface area contributed by atoms with Crippen LogP contribution in [0.5, 0.6) is 0 Å². The molecule has 0 saturated heterocycles. The lowest BCUT2D eigenvalue weighted by atomic mass is 9.72. The van der Waals surface area contributed by atoms with Crippen LogP contribution in [0.15, 0.2) is 24.3 Å². The fourth-order valence-electron chi connectivity index (χ4n) is 4.81. The van der Waals surface area contributed by atoms with Gasteiger partial charge in [0.1, 0.15) is 6.10 Å². The molecule has 1 aromatic heterocycles. The first-order valence-electron chi connectivity index (χ1n) is 11.0. The molecule has 29 heavy (non-hydrogen) atoms. The van der Waals surface area contributed by atoms with Crippen molar-refractivity contribution >= 4 is 0 Å². The van der Waals surface area contributed by atoms with E-state index in [9.17, 15) is 10.2 Å². The predicted molar refractivity (Wildman–Crippen MR) is 119 cm³/mol. The van der Waals surface area contributed by atoms with E-state index in [0.717, 1.165) is 52.9 Å². The van der Waals surface area contributed by atoms with E-state index in [1.54, 1.807) is 0 Å². The maximum absolute atomic E-state index is 11.3. The topological polar surface area (TPSA) is 53.4 Å². The summed E-state index contributed by atoms with van der Waals surface area (Å²) in [5, 5.41) is 22.2. The number of benzene rings is 1. The van der Waals surface area contributed by atoms with Gasteiger partial charge in [-0.25, -0.2) is 0 Å². The minimum atomic E-state index is -0.736. The summed E-state index contributed by atoms with van der Waals surface area (Å²) >= 11 is 0. The van der Waals surface area contributed by atoms with E-state index in [1.807, 2.05) is 19.1 Å². The standard InChI is InChI=1S/C26H37NO2/c1-15(2)12-18-8-10-19(11-9-18)25(29)23-17(5)22-20(27-24(23)16(3)4)13-26(6,7)14-21(22)28/h8-11,15-16,21,25,28-29H,12-14H2,1-7H3/t21?,25-/m0/s1. The normalized spacial score (nSPS) is 19.5. The minimum Gasteiger partial charge on any atom is -0.388 e. The van der Waals surface area contributed by atoms with Crippen LogP contribution in [0.4, 0.5) is 0 Å². The van der Waals surface area contributed by atoms with E-state index in [4.69, 9.17) is 4.98 Å². The van der Waals surface area contributed by atoms with E-state index >= 15 is 0 Å². The Morgan fingerprint density at radius 2 is 1.72 bits per heavy atom. The van der Waals surface area contributed by atoms with E-state index in [-0.39, 0.29) is 11.3 Å². The molecular formula is C26H37NO2. The molecule has 1 unspecified atom stereocenters. The highest BCUT2D eigenvalue weighted by molar-refractivity contribution is 5.47. The average molecular weight is 396 g/mol. The van der Waals surface area contributed by atoms with Crippen molar-refractivity contribution in [2.24, 2.45) is 11.3 Å². The van der Waals surface area contributed by atoms with E-state index in [0.29, 0.717) is 5.92 Å². The molecule has 0 bridgehead atoms. The summed E-state index contributed by atoms with van der Waals surface area (Å²) < 4.78 is 0. The number of nitrogens with zero attached hydrogens (tertiary/aromatic N) is 1. The van der Waals surface area contributed by atoms with Crippen molar-refractivity contribution in [3.05, 3.63) is 63.5 Å². The molecular weight excluding hydrogens is 358 g/mol. The Kier molecular flexibility index (Phi) is 6.21. The Morgan fingerprint density at radius 3 is 2.28 bits per heavy atom. The first-order chi connectivity index (χ1) is 13.5. The summed E-state index contributed by atoms with van der Waals surface area (Å²) in [7, 11) is 0. The van der Waals surface area contributed by atoms with E-state index in [1.165, 1.54) is 5.56 Å². The molecule has 0 fully saturated rings. The van der Waals surface area contributed by atoms with Crippen LogP contribution >= 0.6 is 0 Å². The molecule has 1 aromatic carbocycles. The molecule has 1 aliphatic carbocycles. The smallest absolute Gasteiger partial charge is 0.106 e. The lowest BCUT2D eigenvalue weighted by Crippen LogP contribution is -2.29. The molecule has 3 heteroatoms. The highest BCUT2D eigenvalue weighted by Gasteiger charge is 2.36. The molecule has 3 rings (SSSR count). The first kappa shape index (κ1) is 22.0. The second-order valence-electron chi connectivity index (χ2n) is 10.4. The van der Waals surface area contributed by atoms with Crippen LogP contribution in [0.1, 0.15) is 105 Å². The number of aromatic nitrogens is 1. The number of rotatable bonds is 5. The first-order valence-corrected chi connectivity index (χ1v) is 11.0. The van der Waals surface area contributed by atoms with Gasteiger partial charge in [0, 0.05) is 22.5 Å². The second-order valence-corrected chi connectivity index (χ2v) is 10.4. The maximum Gasteiger partial charge on any atom is 0.106 e. The zero-order valence-electron chi connectivity index (χ0n) is 19.1. The highest BCUT2D eigenvalue weighted by Crippen LogP contribution is 2.44. The predicted octanol–water partition coefficient (Wildman–Crippen LogP) is 5.80. The van der Waals surface area contributed by atoms with Crippen LogP contribution in [0.25, 0.3) is 0 Å². The van der Waals surface area contributed by atoms with Gasteiger partial charge in [-0.2, -0.15) is 0 Å². The summed E-state index contributed by atoms with van der Waals surface area (Å²) in [5.74, 6) is 0.808. The molecule has 1 aliphatic rings. The number of pyridine rings is 1. The van der Waals surface area contributed by atoms with Gasteiger partial charge in [0.05, 0.1) is 6.10 Å². The van der Waals surface area contributed by atoms with Gasteiger partial charge in [-0.05, 0) is 60.1 Å². The van der Waals surface area contributed by atoms with Gasteiger partial charge in [0.15, 0.2) is 0 Å². The summed E-state index contributed by atoms with van der Waals surface area (Å²) in [6, 6.07) is 8.30. The Bertz CT molecular complexity index is 865. The van der Waals surface area contributed by atoms with Crippen LogP contribution in [0.3, 0.4) is 0 Å². The Balaban J connectivity index is 2.07. The van der Waals surface area contributed by atoms with Crippen molar-refractivity contribution in [3.63, 3.8) is 0 Å². The molecule has 0 aliphatic heterocycles. The third kappa shape index (κ3) is 4.57. The van der Waals surface area contributed by atoms with Gasteiger partial charge < -0.3 is 10.2 Å². The van der Waals surface area contributed by atoms with Gasteiger partial charge in [0.2, 0.25) is 0 Å². The molecule has 0 spiro atoms. The quantitative estimate of drug-likeness (QED) is 0.673. The summed E-state index contributed by atoms with van der Waals surface area (Å²) in [5.41, 5.74) is 6.96. The minimum absolute atomic E-state index is 0.0342. The van der Waals surface area contributed by atoms with Gasteiger partial charge in [-0.15, -0.1) is 0 Å². The summed E-state index contributed by atoms with van der Waals surface area (Å²) in [4.78, 5) is 5.00. The van der Waals surface area contributed by atoms with Crippen molar-refractivity contribution in [3.8, 4) is 0 Å². The molecule has 2 atom stereocenters. The van der Waals surface area contributed by atoms with Gasteiger partial charge in [-0.1, -0.05) is 65.8 Å². The fraction of sp³-hybridized carbons (Fsp3) is 0.577. The molecule has 0 radical (unpaired) electrons. The van der Waals surface area contributed by atoms with Crippen molar-refractivity contribution in [1.82, 2.24) is 4.98 Å². The summed E-state index contributed by atoms with van der Waals surface area (Å²) in [6.07, 6.45) is 1.36. The van der Waals surface area contributed by atoms with E-state index < -0.39 is 12.2 Å². The Hall–Kier alpha value is -1.71. The lowest BCUT2D eigenvalue weighted by Gasteiger charge is -2.36. The number of hydrogen-bond acceptors (Lipinski definition) is 3. The third-order valence-electron chi connectivity index (χ3n) is 6.14. The van der Waals surface area contributed by atoms with Crippen molar-refractivity contribution in [1.29, 1.82) is 0 Å². The number of hydrogen-bond donors (Lipinski definition) is 2. The zero-order chi connectivity index (χ0) is 21.5. The van der Waals surface area contributed by atoms with Crippen molar-refractivity contribution < 1.29 is 10.2 Å². The molecule has 0 amide bonds. The van der Waals surface area contributed by atoms with Crippen LogP contribution in [-0.4, -0.2) is 15.2 Å². The molecule has 2 aromatic rings. The third-order valence-corrected chi connectivity index (χ3v) is 6.14. The zero-order valence-corrected chi connectivity index (χ0v) is 19.1. The molecule has 1 heterocycles. The SMILES string of the molecule is Cc1c2c(nc(C(C)C)c1[C@@H](O)c1ccc(CC(C)C)cc1)CC(C)(C)CC2O. The molecule has 158 valence electrons. The van der Waals surface area contributed by atoms with Crippen LogP contribution in [-0.2, 0) is 12.8 Å². The highest BCUT2D eigenvalue weighted by atomic mass is 16.3. The van der Waals surface area contributed by atoms with Crippen molar-refractivity contribution in [2.45, 2.75) is 85.9 Å². The van der Waals surface area contributed by atoms with Gasteiger partial charge in [0.25, 0.3) is 0 Å². The average Bonchev–Trinajstić information content (AvgIpc) is 2.59. The number of aliphatic hydroxyl groups excluding tert-OH is 2. The van der Waals surface area contributed by atoms with Crippen LogP contribution in [0, 0.1) is 18.3 Å². The molecule has 0 saturated carbocycles. The molecule has 2 N–H and O–H groups in total. The second kappa shape index (κ2) is 8.20. The van der Waals surface area contributed by atoms with Gasteiger partial charge in [-0.3, -0.25) is 4.98 Å². The fourth-order valence-corrected chi connectivity index (χ4v) is 4.81. The van der Waals surface area contributed by atoms with E-state index in [2.05, 4.69) is 53.7 Å².